The highest BCUT2D eigenvalue weighted by Crippen LogP contribution is 2.40. The predicted molar refractivity (Wildman–Crippen MR) is 142 cm³/mol. The van der Waals surface area contributed by atoms with Crippen LogP contribution in [-0.2, 0) is 25.4 Å². The number of amides is 2. The molecule has 0 saturated carbocycles. The lowest BCUT2D eigenvalue weighted by Crippen LogP contribution is -2.52. The fourth-order valence-corrected chi connectivity index (χ4v) is 5.70. The molecule has 2 aliphatic rings. The third-order valence-electron chi connectivity index (χ3n) is 6.87. The summed E-state index contributed by atoms with van der Waals surface area (Å²) in [4.78, 5) is 29.3. The lowest BCUT2D eigenvalue weighted by molar-refractivity contribution is -0.149. The van der Waals surface area contributed by atoms with Gasteiger partial charge in [0.25, 0.3) is 0 Å². The zero-order valence-corrected chi connectivity index (χ0v) is 24.6. The van der Waals surface area contributed by atoms with Gasteiger partial charge >= 0.3 is 6.09 Å². The highest BCUT2D eigenvalue weighted by Gasteiger charge is 2.55. The lowest BCUT2D eigenvalue weighted by Gasteiger charge is -2.34. The number of nitrogens with zero attached hydrogens (tertiary/aromatic N) is 2. The largest absolute Gasteiger partial charge is 0.444 e. The highest BCUT2D eigenvalue weighted by molar-refractivity contribution is 5.75. The van der Waals surface area contributed by atoms with Gasteiger partial charge in [-0.2, -0.15) is 0 Å². The molecule has 39 heavy (non-hydrogen) atoms. The van der Waals surface area contributed by atoms with Crippen molar-refractivity contribution in [3.05, 3.63) is 35.4 Å². The predicted octanol–water partition coefficient (Wildman–Crippen LogP) is 5.01. The quantitative estimate of drug-likeness (QED) is 0.498. The number of aliphatic hydroxyl groups excluding tert-OH is 1. The summed E-state index contributed by atoms with van der Waals surface area (Å²) in [6, 6.07) is 2.05. The first-order valence-electron chi connectivity index (χ1n) is 13.5. The van der Waals surface area contributed by atoms with Gasteiger partial charge in [0.2, 0.25) is 5.91 Å². The molecule has 0 bridgehead atoms. The van der Waals surface area contributed by atoms with Crippen molar-refractivity contribution in [3.63, 3.8) is 0 Å². The highest BCUT2D eigenvalue weighted by atomic mass is 19.1. The molecular weight excluding hydrogens is 510 g/mol. The van der Waals surface area contributed by atoms with Crippen LogP contribution < -0.4 is 0 Å². The normalized spacial score (nSPS) is 26.2. The fourth-order valence-electron chi connectivity index (χ4n) is 5.70. The van der Waals surface area contributed by atoms with Crippen LogP contribution in [0.3, 0.4) is 0 Å². The maximum Gasteiger partial charge on any atom is 0.410 e. The Bertz CT molecular complexity index is 1030. The fraction of sp³-hybridized carbons (Fsp3) is 0.724. The van der Waals surface area contributed by atoms with Gasteiger partial charge in [-0.3, -0.25) is 9.69 Å². The van der Waals surface area contributed by atoms with E-state index in [0.29, 0.717) is 18.4 Å². The Balaban J connectivity index is 1.97. The molecular formula is C29H44F2N2O6. The average Bonchev–Trinajstić information content (AvgIpc) is 3.22. The summed E-state index contributed by atoms with van der Waals surface area (Å²) >= 11 is 0. The van der Waals surface area contributed by atoms with E-state index in [-0.39, 0.29) is 24.3 Å². The summed E-state index contributed by atoms with van der Waals surface area (Å²) in [6.45, 7) is 16.4. The number of carbonyl (C=O) groups excluding carboxylic acids is 2. The number of aliphatic hydroxyl groups is 1. The second-order valence-electron chi connectivity index (χ2n) is 13.4. The van der Waals surface area contributed by atoms with E-state index in [2.05, 4.69) is 0 Å². The molecule has 2 saturated heterocycles. The van der Waals surface area contributed by atoms with Crippen molar-refractivity contribution >= 4 is 12.0 Å². The Morgan fingerprint density at radius 3 is 2.23 bits per heavy atom. The van der Waals surface area contributed by atoms with Crippen LogP contribution in [0.5, 0.6) is 0 Å². The van der Waals surface area contributed by atoms with Crippen LogP contribution >= 0.6 is 0 Å². The van der Waals surface area contributed by atoms with Crippen LogP contribution in [0.25, 0.3) is 0 Å². The van der Waals surface area contributed by atoms with Gasteiger partial charge in [0.15, 0.2) is 6.29 Å². The number of carbonyl (C=O) groups is 2. The molecule has 5 atom stereocenters. The van der Waals surface area contributed by atoms with Gasteiger partial charge in [-0.1, -0.05) is 20.8 Å². The second kappa shape index (κ2) is 11.3. The van der Waals surface area contributed by atoms with Crippen molar-refractivity contribution in [3.8, 4) is 0 Å². The SMILES string of the molecule is CC(=O)N1[C@@H](Cc2cc(F)cc(F)c2)[C@@H]([C@H]2C[C@@H](O[C@H](O)CC(C)(C)C)CN2C(=O)OC(C)(C)C)OC1(C)C. The van der Waals surface area contributed by atoms with Gasteiger partial charge in [0, 0.05) is 19.4 Å². The first-order chi connectivity index (χ1) is 17.8. The summed E-state index contributed by atoms with van der Waals surface area (Å²) in [5.74, 6) is -1.70. The Hall–Kier alpha value is -2.30. The number of rotatable bonds is 6. The van der Waals surface area contributed by atoms with E-state index in [1.807, 2.05) is 20.8 Å². The van der Waals surface area contributed by atoms with E-state index in [0.717, 1.165) is 6.07 Å². The Labute approximate surface area is 230 Å². The maximum absolute atomic E-state index is 14.1. The zero-order chi connectivity index (χ0) is 29.5. The van der Waals surface area contributed by atoms with E-state index in [1.54, 1.807) is 39.5 Å². The minimum atomic E-state index is -1.04. The summed E-state index contributed by atoms with van der Waals surface area (Å²) in [5, 5.41) is 10.6. The van der Waals surface area contributed by atoms with E-state index >= 15 is 0 Å². The average molecular weight is 555 g/mol. The number of likely N-dealkylation sites (tertiary alicyclic amines) is 1. The third-order valence-corrected chi connectivity index (χ3v) is 6.87. The zero-order valence-electron chi connectivity index (χ0n) is 24.6. The Morgan fingerprint density at radius 2 is 1.72 bits per heavy atom. The molecule has 0 spiro atoms. The molecule has 1 aromatic carbocycles. The van der Waals surface area contributed by atoms with Gasteiger partial charge < -0.3 is 24.2 Å². The molecule has 220 valence electrons. The van der Waals surface area contributed by atoms with Crippen LogP contribution in [0.2, 0.25) is 0 Å². The number of hydrogen-bond acceptors (Lipinski definition) is 6. The van der Waals surface area contributed by atoms with Crippen LogP contribution in [0.15, 0.2) is 18.2 Å². The van der Waals surface area contributed by atoms with Crippen LogP contribution in [0, 0.1) is 17.0 Å². The molecule has 0 aliphatic carbocycles. The number of halogens is 2. The summed E-state index contributed by atoms with van der Waals surface area (Å²) < 4.78 is 46.2. The van der Waals surface area contributed by atoms with Crippen molar-refractivity contribution in [2.24, 2.45) is 5.41 Å². The molecule has 2 amide bonds. The van der Waals surface area contributed by atoms with E-state index in [4.69, 9.17) is 14.2 Å². The molecule has 2 heterocycles. The molecule has 10 heteroatoms. The van der Waals surface area contributed by atoms with Crippen molar-refractivity contribution in [1.29, 1.82) is 0 Å². The van der Waals surface area contributed by atoms with Crippen molar-refractivity contribution < 1.29 is 37.7 Å². The molecule has 0 unspecified atom stereocenters. The van der Waals surface area contributed by atoms with Crippen molar-refractivity contribution in [1.82, 2.24) is 9.80 Å². The first-order valence-corrected chi connectivity index (χ1v) is 13.5. The summed E-state index contributed by atoms with van der Waals surface area (Å²) in [6.07, 6.45) is -1.99. The van der Waals surface area contributed by atoms with Gasteiger partial charge in [-0.05, 0) is 70.6 Å². The van der Waals surface area contributed by atoms with Crippen LogP contribution in [-0.4, -0.2) is 75.4 Å². The number of benzene rings is 1. The van der Waals surface area contributed by atoms with Crippen LogP contribution in [0.1, 0.15) is 80.7 Å². The molecule has 8 nitrogen and oxygen atoms in total. The standard InChI is InChI=1S/C29H44F2N2O6/c1-17(34)33-23(12-18-10-19(30)13-20(31)11-18)25(38-29(33,8)9)22-14-21(37-24(35)15-27(2,3)4)16-32(22)26(36)39-28(5,6)7/h10-11,13,21-25,35H,12,14-16H2,1-9H3/t21-,22-,23+,24+,25-/m1/s1. The number of ether oxygens (including phenoxy) is 3. The molecule has 0 aromatic heterocycles. The maximum atomic E-state index is 14.1. The summed E-state index contributed by atoms with van der Waals surface area (Å²) in [7, 11) is 0. The molecule has 0 radical (unpaired) electrons. The topological polar surface area (TPSA) is 88.5 Å². The smallest absolute Gasteiger partial charge is 0.410 e. The minimum Gasteiger partial charge on any atom is -0.444 e. The van der Waals surface area contributed by atoms with Crippen LogP contribution in [0.4, 0.5) is 13.6 Å². The number of hydrogen-bond donors (Lipinski definition) is 1. The van der Waals surface area contributed by atoms with E-state index < -0.39 is 59.6 Å². The summed E-state index contributed by atoms with van der Waals surface area (Å²) in [5.41, 5.74) is -1.61. The van der Waals surface area contributed by atoms with Gasteiger partial charge in [0.1, 0.15) is 29.1 Å². The minimum absolute atomic E-state index is 0.110. The second-order valence-corrected chi connectivity index (χ2v) is 13.4. The molecule has 3 rings (SSSR count). The van der Waals surface area contributed by atoms with Gasteiger partial charge in [0.05, 0.1) is 24.7 Å². The molecule has 2 fully saturated rings. The van der Waals surface area contributed by atoms with Crippen molar-refractivity contribution in [2.75, 3.05) is 6.54 Å². The Morgan fingerprint density at radius 1 is 1.13 bits per heavy atom. The van der Waals surface area contributed by atoms with E-state index in [9.17, 15) is 23.5 Å². The third kappa shape index (κ3) is 8.11. The van der Waals surface area contributed by atoms with Gasteiger partial charge in [-0.15, -0.1) is 0 Å². The molecule has 2 aliphatic heterocycles. The lowest BCUT2D eigenvalue weighted by atomic mass is 9.92. The monoisotopic (exact) mass is 554 g/mol. The van der Waals surface area contributed by atoms with Crippen molar-refractivity contribution in [2.45, 2.75) is 123 Å². The Kier molecular flexibility index (Phi) is 9.04. The molecule has 1 aromatic rings. The van der Waals surface area contributed by atoms with Gasteiger partial charge in [-0.25, -0.2) is 13.6 Å². The molecule has 1 N–H and O–H groups in total. The van der Waals surface area contributed by atoms with E-state index in [1.165, 1.54) is 24.0 Å². The first kappa shape index (κ1) is 31.2.